The van der Waals surface area contributed by atoms with E-state index in [0.717, 1.165) is 0 Å². The summed E-state index contributed by atoms with van der Waals surface area (Å²) in [6.07, 6.45) is -5.10. The largest absolute Gasteiger partial charge is 0.480 e. The maximum absolute atomic E-state index is 13.4. The Morgan fingerprint density at radius 3 is 2.00 bits per heavy atom. The van der Waals surface area contributed by atoms with Gasteiger partial charge in [-0.3, -0.25) is 0 Å². The quantitative estimate of drug-likeness (QED) is 0.795. The highest BCUT2D eigenvalue weighted by atomic mass is 19.4. The van der Waals surface area contributed by atoms with E-state index in [9.17, 15) is 22.0 Å². The van der Waals surface area contributed by atoms with Gasteiger partial charge in [0.25, 0.3) is 0 Å². The van der Waals surface area contributed by atoms with Crippen molar-refractivity contribution in [1.82, 2.24) is 10.2 Å². The number of rotatable bonds is 2. The van der Waals surface area contributed by atoms with Crippen molar-refractivity contribution >= 4 is 0 Å². The minimum atomic E-state index is -5.10. The fraction of sp³-hybridized carbons (Fsp3) is 0.167. The lowest BCUT2D eigenvalue weighted by Gasteiger charge is -2.10. The number of benzene rings is 1. The molecule has 1 heterocycles. The molecule has 0 fully saturated rings. The van der Waals surface area contributed by atoms with Crippen LogP contribution < -0.4 is 4.74 Å². The lowest BCUT2D eigenvalue weighted by atomic mass is 10.1. The maximum Gasteiger partial charge on any atom is 0.422 e. The van der Waals surface area contributed by atoms with Gasteiger partial charge in [-0.2, -0.15) is 13.2 Å². The zero-order valence-corrected chi connectivity index (χ0v) is 10.0. The number of halogens is 5. The molecule has 0 aliphatic rings. The lowest BCUT2D eigenvalue weighted by molar-refractivity contribution is -0.142. The van der Waals surface area contributed by atoms with E-state index in [0.29, 0.717) is 12.1 Å². The molecule has 0 unspecified atom stereocenters. The zero-order valence-electron chi connectivity index (χ0n) is 10.0. The van der Waals surface area contributed by atoms with E-state index in [4.69, 9.17) is 4.74 Å². The molecule has 0 spiro atoms. The van der Waals surface area contributed by atoms with Gasteiger partial charge in [-0.05, 0) is 18.2 Å². The Hall–Kier alpha value is -2.25. The molecule has 8 heteroatoms. The van der Waals surface area contributed by atoms with E-state index in [2.05, 4.69) is 10.2 Å². The van der Waals surface area contributed by atoms with E-state index in [1.54, 1.807) is 0 Å². The molecule has 0 aliphatic heterocycles. The van der Waals surface area contributed by atoms with Crippen molar-refractivity contribution < 1.29 is 26.7 Å². The smallest absolute Gasteiger partial charge is 0.422 e. The van der Waals surface area contributed by atoms with Crippen LogP contribution in [0.25, 0.3) is 11.3 Å². The molecule has 20 heavy (non-hydrogen) atoms. The predicted molar refractivity (Wildman–Crippen MR) is 58.9 cm³/mol. The highest BCUT2D eigenvalue weighted by Gasteiger charge is 2.38. The third-order valence-corrected chi connectivity index (χ3v) is 2.47. The van der Waals surface area contributed by atoms with Crippen LogP contribution in [0.1, 0.15) is 5.56 Å². The van der Waals surface area contributed by atoms with Gasteiger partial charge in [0.15, 0.2) is 0 Å². The van der Waals surface area contributed by atoms with Crippen molar-refractivity contribution in [3.05, 3.63) is 41.5 Å². The Morgan fingerprint density at radius 2 is 1.60 bits per heavy atom. The van der Waals surface area contributed by atoms with E-state index < -0.39 is 23.4 Å². The molecule has 1 aromatic carbocycles. The Balaban J connectivity index is 2.49. The first-order chi connectivity index (χ1) is 9.32. The number of nitrogens with zero attached hydrogens (tertiary/aromatic N) is 2. The van der Waals surface area contributed by atoms with Crippen LogP contribution in [-0.4, -0.2) is 17.3 Å². The molecule has 106 valence electrons. The minimum absolute atomic E-state index is 0.0253. The third-order valence-electron chi connectivity index (χ3n) is 2.47. The summed E-state index contributed by atoms with van der Waals surface area (Å²) in [6, 6.07) is 3.81. The Labute approximate surface area is 110 Å². The molecule has 3 nitrogen and oxygen atoms in total. The third kappa shape index (κ3) is 2.68. The number of hydrogen-bond donors (Lipinski definition) is 0. The molecule has 0 amide bonds. The van der Waals surface area contributed by atoms with Gasteiger partial charge in [-0.15, -0.1) is 10.2 Å². The summed E-state index contributed by atoms with van der Waals surface area (Å²) in [6.45, 7) is 0. The van der Waals surface area contributed by atoms with Crippen molar-refractivity contribution in [3.63, 3.8) is 0 Å². The normalized spacial score (nSPS) is 11.5. The van der Waals surface area contributed by atoms with E-state index in [-0.39, 0.29) is 17.1 Å². The van der Waals surface area contributed by atoms with Crippen LogP contribution in [-0.2, 0) is 6.18 Å². The summed E-state index contributed by atoms with van der Waals surface area (Å²) >= 11 is 0. The molecule has 1 aromatic heterocycles. The molecule has 0 saturated heterocycles. The zero-order chi connectivity index (χ0) is 14.9. The number of hydrogen-bond acceptors (Lipinski definition) is 3. The van der Waals surface area contributed by atoms with Crippen LogP contribution >= 0.6 is 0 Å². The van der Waals surface area contributed by atoms with Crippen LogP contribution in [0.5, 0.6) is 5.88 Å². The van der Waals surface area contributed by atoms with Crippen molar-refractivity contribution in [2.24, 2.45) is 0 Å². The van der Waals surface area contributed by atoms with Crippen LogP contribution in [0.2, 0.25) is 0 Å². The molecule has 0 atom stereocenters. The fourth-order valence-corrected chi connectivity index (χ4v) is 1.57. The second-order valence-electron chi connectivity index (χ2n) is 3.77. The topological polar surface area (TPSA) is 35.0 Å². The average Bonchev–Trinajstić information content (AvgIpc) is 2.36. The Kier molecular flexibility index (Phi) is 3.56. The molecule has 0 saturated carbocycles. The van der Waals surface area contributed by atoms with Gasteiger partial charge in [0.2, 0.25) is 5.88 Å². The molecule has 0 bridgehead atoms. The van der Waals surface area contributed by atoms with Gasteiger partial charge >= 0.3 is 6.18 Å². The Morgan fingerprint density at radius 1 is 1.00 bits per heavy atom. The summed E-state index contributed by atoms with van der Waals surface area (Å²) in [4.78, 5) is 0. The first kappa shape index (κ1) is 14.2. The van der Waals surface area contributed by atoms with Crippen LogP contribution in [0.15, 0.2) is 24.3 Å². The van der Waals surface area contributed by atoms with E-state index in [1.165, 1.54) is 19.2 Å². The van der Waals surface area contributed by atoms with Crippen molar-refractivity contribution in [1.29, 1.82) is 0 Å². The first-order valence-corrected chi connectivity index (χ1v) is 5.27. The van der Waals surface area contributed by atoms with Gasteiger partial charge in [0, 0.05) is 11.6 Å². The molecule has 2 rings (SSSR count). The van der Waals surface area contributed by atoms with Gasteiger partial charge in [0.05, 0.1) is 12.8 Å². The van der Waals surface area contributed by atoms with Gasteiger partial charge in [-0.25, -0.2) is 8.78 Å². The standard InChI is InChI=1S/C12H7F5N2O/c1-20-10-3-2-9(18-19-10)6-4-7(13)11(8(14)5-6)12(15,16)17/h2-5H,1H3. The van der Waals surface area contributed by atoms with E-state index in [1.807, 2.05) is 0 Å². The van der Waals surface area contributed by atoms with Gasteiger partial charge in [0.1, 0.15) is 17.2 Å². The number of methoxy groups -OCH3 is 1. The first-order valence-electron chi connectivity index (χ1n) is 5.27. The van der Waals surface area contributed by atoms with Gasteiger partial charge in [-0.1, -0.05) is 0 Å². The number of aromatic nitrogens is 2. The highest BCUT2D eigenvalue weighted by molar-refractivity contribution is 5.59. The molecular weight excluding hydrogens is 283 g/mol. The monoisotopic (exact) mass is 290 g/mol. The summed E-state index contributed by atoms with van der Waals surface area (Å²) in [5.74, 6) is -3.24. The van der Waals surface area contributed by atoms with Crippen molar-refractivity contribution in [3.8, 4) is 17.1 Å². The molecule has 0 aliphatic carbocycles. The average molecular weight is 290 g/mol. The van der Waals surface area contributed by atoms with E-state index >= 15 is 0 Å². The molecule has 2 aromatic rings. The predicted octanol–water partition coefficient (Wildman–Crippen LogP) is 3.45. The molecule has 0 N–H and O–H groups in total. The summed E-state index contributed by atoms with van der Waals surface area (Å²) in [7, 11) is 1.35. The van der Waals surface area contributed by atoms with Crippen LogP contribution in [0.4, 0.5) is 22.0 Å². The maximum atomic E-state index is 13.4. The SMILES string of the molecule is COc1ccc(-c2cc(F)c(C(F)(F)F)c(F)c2)nn1. The molecular formula is C12H7F5N2O. The summed E-state index contributed by atoms with van der Waals surface area (Å²) in [5, 5.41) is 7.17. The second-order valence-corrected chi connectivity index (χ2v) is 3.77. The number of ether oxygens (including phenoxy) is 1. The highest BCUT2D eigenvalue weighted by Crippen LogP contribution is 2.35. The van der Waals surface area contributed by atoms with Crippen LogP contribution in [0.3, 0.4) is 0 Å². The van der Waals surface area contributed by atoms with Crippen LogP contribution in [0, 0.1) is 11.6 Å². The summed E-state index contributed by atoms with van der Waals surface area (Å²) < 4.78 is 68.8. The Bertz CT molecular complexity index is 602. The number of alkyl halides is 3. The lowest BCUT2D eigenvalue weighted by Crippen LogP contribution is -2.11. The summed E-state index contributed by atoms with van der Waals surface area (Å²) in [5.41, 5.74) is -2.05. The van der Waals surface area contributed by atoms with Gasteiger partial charge < -0.3 is 4.74 Å². The minimum Gasteiger partial charge on any atom is -0.480 e. The van der Waals surface area contributed by atoms with Crippen molar-refractivity contribution in [2.45, 2.75) is 6.18 Å². The second kappa shape index (κ2) is 5.03. The fourth-order valence-electron chi connectivity index (χ4n) is 1.57. The van der Waals surface area contributed by atoms with Crippen molar-refractivity contribution in [2.75, 3.05) is 7.11 Å². The molecule has 0 radical (unpaired) electrons.